The Morgan fingerprint density at radius 2 is 1.71 bits per heavy atom. The standard InChI is InChI=1S/C19H25NO/c1-20-19(14-8-4-3-5-9-14)17-12-13-18(21-2)16-11-7-6-10-15(16)17/h6-7,10-14,19-20H,3-5,8-9H2,1-2H3. The van der Waals surface area contributed by atoms with E-state index in [-0.39, 0.29) is 0 Å². The minimum atomic E-state index is 0.445. The first-order valence-corrected chi connectivity index (χ1v) is 8.08. The van der Waals surface area contributed by atoms with Crippen molar-refractivity contribution in [1.29, 1.82) is 0 Å². The van der Waals surface area contributed by atoms with Gasteiger partial charge < -0.3 is 10.1 Å². The van der Waals surface area contributed by atoms with Crippen LogP contribution in [-0.2, 0) is 0 Å². The Morgan fingerprint density at radius 1 is 1.00 bits per heavy atom. The van der Waals surface area contributed by atoms with Gasteiger partial charge in [-0.15, -0.1) is 0 Å². The van der Waals surface area contributed by atoms with Crippen LogP contribution in [0.5, 0.6) is 5.75 Å². The summed E-state index contributed by atoms with van der Waals surface area (Å²) in [5.41, 5.74) is 1.42. The summed E-state index contributed by atoms with van der Waals surface area (Å²) in [7, 11) is 3.84. The predicted molar refractivity (Wildman–Crippen MR) is 88.9 cm³/mol. The lowest BCUT2D eigenvalue weighted by Crippen LogP contribution is -2.27. The van der Waals surface area contributed by atoms with Crippen molar-refractivity contribution in [2.24, 2.45) is 5.92 Å². The van der Waals surface area contributed by atoms with Gasteiger partial charge in [0, 0.05) is 11.4 Å². The summed E-state index contributed by atoms with van der Waals surface area (Å²) in [6.45, 7) is 0. The highest BCUT2D eigenvalue weighted by molar-refractivity contribution is 5.91. The summed E-state index contributed by atoms with van der Waals surface area (Å²) in [5.74, 6) is 1.72. The van der Waals surface area contributed by atoms with Gasteiger partial charge in [-0.3, -0.25) is 0 Å². The summed E-state index contributed by atoms with van der Waals surface area (Å²) in [6, 6.07) is 13.4. The van der Waals surface area contributed by atoms with Crippen molar-refractivity contribution in [3.63, 3.8) is 0 Å². The molecule has 2 aromatic carbocycles. The minimum Gasteiger partial charge on any atom is -0.496 e. The molecule has 0 saturated heterocycles. The van der Waals surface area contributed by atoms with Gasteiger partial charge in [0.2, 0.25) is 0 Å². The molecule has 21 heavy (non-hydrogen) atoms. The van der Waals surface area contributed by atoms with Crippen LogP contribution in [0.15, 0.2) is 36.4 Å². The summed E-state index contributed by atoms with van der Waals surface area (Å²) in [4.78, 5) is 0. The second-order valence-electron chi connectivity index (χ2n) is 6.07. The third-order valence-corrected chi connectivity index (χ3v) is 4.91. The highest BCUT2D eigenvalue weighted by atomic mass is 16.5. The molecule has 1 atom stereocenters. The molecule has 0 aliphatic heterocycles. The lowest BCUT2D eigenvalue weighted by atomic mass is 9.80. The third-order valence-electron chi connectivity index (χ3n) is 4.91. The maximum absolute atomic E-state index is 5.52. The van der Waals surface area contributed by atoms with E-state index < -0.39 is 0 Å². The Hall–Kier alpha value is -1.54. The maximum Gasteiger partial charge on any atom is 0.126 e. The Labute approximate surface area is 127 Å². The van der Waals surface area contributed by atoms with Crippen LogP contribution in [0, 0.1) is 5.92 Å². The average Bonchev–Trinajstić information content (AvgIpc) is 2.56. The van der Waals surface area contributed by atoms with E-state index in [2.05, 4.69) is 48.8 Å². The van der Waals surface area contributed by atoms with Crippen LogP contribution in [0.1, 0.15) is 43.7 Å². The van der Waals surface area contributed by atoms with Crippen LogP contribution >= 0.6 is 0 Å². The average molecular weight is 283 g/mol. The zero-order valence-corrected chi connectivity index (χ0v) is 13.1. The number of fused-ring (bicyclic) bond motifs is 1. The maximum atomic E-state index is 5.52. The Balaban J connectivity index is 2.05. The van der Waals surface area contributed by atoms with Crippen LogP contribution in [-0.4, -0.2) is 14.2 Å². The van der Waals surface area contributed by atoms with Crippen molar-refractivity contribution in [2.75, 3.05) is 14.2 Å². The van der Waals surface area contributed by atoms with Crippen LogP contribution < -0.4 is 10.1 Å². The van der Waals surface area contributed by atoms with E-state index in [0.717, 1.165) is 11.7 Å². The molecule has 2 nitrogen and oxygen atoms in total. The third kappa shape index (κ3) is 2.77. The van der Waals surface area contributed by atoms with Crippen molar-refractivity contribution in [2.45, 2.75) is 38.1 Å². The molecule has 1 aliphatic carbocycles. The molecular formula is C19H25NO. The Bertz CT molecular complexity index is 602. The fourth-order valence-corrected chi connectivity index (χ4v) is 3.86. The molecule has 3 rings (SSSR count). The van der Waals surface area contributed by atoms with E-state index in [1.807, 2.05) is 0 Å². The number of hydrogen-bond donors (Lipinski definition) is 1. The van der Waals surface area contributed by atoms with Crippen LogP contribution in [0.2, 0.25) is 0 Å². The number of methoxy groups -OCH3 is 1. The van der Waals surface area contributed by atoms with Crippen molar-refractivity contribution in [3.05, 3.63) is 42.0 Å². The predicted octanol–water partition coefficient (Wildman–Crippen LogP) is 4.69. The quantitative estimate of drug-likeness (QED) is 0.879. The van der Waals surface area contributed by atoms with Crippen molar-refractivity contribution < 1.29 is 4.74 Å². The molecule has 1 fully saturated rings. The summed E-state index contributed by atoms with van der Waals surface area (Å²) < 4.78 is 5.52. The van der Waals surface area contributed by atoms with Gasteiger partial charge in [-0.1, -0.05) is 49.6 Å². The number of hydrogen-bond acceptors (Lipinski definition) is 2. The second kappa shape index (κ2) is 6.48. The van der Waals surface area contributed by atoms with Crippen molar-refractivity contribution in [3.8, 4) is 5.75 Å². The molecule has 0 aromatic heterocycles. The first-order chi connectivity index (χ1) is 10.3. The number of benzene rings is 2. The van der Waals surface area contributed by atoms with Gasteiger partial charge in [0.05, 0.1) is 7.11 Å². The molecule has 1 aliphatic rings. The van der Waals surface area contributed by atoms with E-state index in [1.54, 1.807) is 7.11 Å². The molecule has 0 radical (unpaired) electrons. The lowest BCUT2D eigenvalue weighted by Gasteiger charge is -2.31. The van der Waals surface area contributed by atoms with Crippen LogP contribution in [0.3, 0.4) is 0 Å². The van der Waals surface area contributed by atoms with E-state index in [4.69, 9.17) is 4.74 Å². The lowest BCUT2D eigenvalue weighted by molar-refractivity contribution is 0.283. The molecular weight excluding hydrogens is 258 g/mol. The second-order valence-corrected chi connectivity index (χ2v) is 6.07. The fourth-order valence-electron chi connectivity index (χ4n) is 3.86. The van der Waals surface area contributed by atoms with Crippen molar-refractivity contribution >= 4 is 10.8 Å². The molecule has 0 heterocycles. The van der Waals surface area contributed by atoms with Crippen LogP contribution in [0.25, 0.3) is 10.8 Å². The smallest absolute Gasteiger partial charge is 0.126 e. The molecule has 1 unspecified atom stereocenters. The normalized spacial score (nSPS) is 17.8. The molecule has 1 N–H and O–H groups in total. The summed E-state index contributed by atoms with van der Waals surface area (Å²) >= 11 is 0. The molecule has 0 bridgehead atoms. The molecule has 112 valence electrons. The Morgan fingerprint density at radius 3 is 2.38 bits per heavy atom. The van der Waals surface area contributed by atoms with Crippen molar-refractivity contribution in [1.82, 2.24) is 5.32 Å². The molecule has 0 amide bonds. The van der Waals surface area contributed by atoms with E-state index >= 15 is 0 Å². The SMILES string of the molecule is CNC(c1ccc(OC)c2ccccc12)C1CCCCC1. The molecule has 0 spiro atoms. The minimum absolute atomic E-state index is 0.445. The van der Waals surface area contributed by atoms with Gasteiger partial charge >= 0.3 is 0 Å². The van der Waals surface area contributed by atoms with E-state index in [0.29, 0.717) is 6.04 Å². The van der Waals surface area contributed by atoms with Crippen LogP contribution in [0.4, 0.5) is 0 Å². The number of rotatable bonds is 4. The van der Waals surface area contributed by atoms with Gasteiger partial charge in [0.15, 0.2) is 0 Å². The topological polar surface area (TPSA) is 21.3 Å². The molecule has 2 heteroatoms. The van der Waals surface area contributed by atoms with Gasteiger partial charge in [0.1, 0.15) is 5.75 Å². The van der Waals surface area contributed by atoms with E-state index in [1.165, 1.54) is 48.4 Å². The summed E-state index contributed by atoms with van der Waals surface area (Å²) in [5, 5.41) is 6.11. The van der Waals surface area contributed by atoms with Gasteiger partial charge in [-0.2, -0.15) is 0 Å². The largest absolute Gasteiger partial charge is 0.496 e. The molecule has 2 aromatic rings. The highest BCUT2D eigenvalue weighted by Crippen LogP contribution is 2.38. The number of nitrogens with one attached hydrogen (secondary N) is 1. The van der Waals surface area contributed by atoms with Gasteiger partial charge in [-0.25, -0.2) is 0 Å². The Kier molecular flexibility index (Phi) is 4.45. The monoisotopic (exact) mass is 283 g/mol. The van der Waals surface area contributed by atoms with Gasteiger partial charge in [0.25, 0.3) is 0 Å². The summed E-state index contributed by atoms with van der Waals surface area (Å²) in [6.07, 6.45) is 6.82. The zero-order chi connectivity index (χ0) is 14.7. The number of ether oxygens (including phenoxy) is 1. The zero-order valence-electron chi connectivity index (χ0n) is 13.1. The first kappa shape index (κ1) is 14.4. The van der Waals surface area contributed by atoms with E-state index in [9.17, 15) is 0 Å². The molecule has 1 saturated carbocycles. The van der Waals surface area contributed by atoms with Gasteiger partial charge in [-0.05, 0) is 42.8 Å². The fraction of sp³-hybridized carbons (Fsp3) is 0.474. The highest BCUT2D eigenvalue weighted by Gasteiger charge is 2.25. The first-order valence-electron chi connectivity index (χ1n) is 8.08.